The van der Waals surface area contributed by atoms with Gasteiger partial charge in [0.15, 0.2) is 0 Å². The summed E-state index contributed by atoms with van der Waals surface area (Å²) < 4.78 is 0. The van der Waals surface area contributed by atoms with Gasteiger partial charge in [-0.15, -0.1) is 0 Å². The molecule has 0 aromatic rings. The summed E-state index contributed by atoms with van der Waals surface area (Å²) in [6, 6.07) is 0. The molecule has 0 aliphatic heterocycles. The van der Waals surface area contributed by atoms with Gasteiger partial charge in [0, 0.05) is 19.5 Å². The molecule has 0 heterocycles. The summed E-state index contributed by atoms with van der Waals surface area (Å²) in [7, 11) is 2.11. The lowest BCUT2D eigenvalue weighted by Crippen LogP contribution is -2.26. The number of nitrogens with one attached hydrogen (secondary N) is 1. The van der Waals surface area contributed by atoms with Crippen LogP contribution in [0.2, 0.25) is 0 Å². The fourth-order valence-electron chi connectivity index (χ4n) is 1.46. The Morgan fingerprint density at radius 1 is 1.67 bits per heavy atom. The maximum atomic E-state index is 7.08. The average Bonchev–Trinajstić information content (AvgIpc) is 2.62. The van der Waals surface area contributed by atoms with Gasteiger partial charge in [-0.2, -0.15) is 0 Å². The molecule has 0 radical (unpaired) electrons. The van der Waals surface area contributed by atoms with Gasteiger partial charge in [0.2, 0.25) is 0 Å². The maximum Gasteiger partial charge on any atom is 0.0918 e. The van der Waals surface area contributed by atoms with E-state index >= 15 is 0 Å². The van der Waals surface area contributed by atoms with Crippen molar-refractivity contribution in [1.82, 2.24) is 4.90 Å². The molecule has 0 aromatic carbocycles. The highest BCUT2D eigenvalue weighted by atomic mass is 15.1. The lowest BCUT2D eigenvalue weighted by molar-refractivity contribution is 0.323. The van der Waals surface area contributed by atoms with Crippen molar-refractivity contribution >= 4 is 5.84 Å². The summed E-state index contributed by atoms with van der Waals surface area (Å²) in [5.74, 6) is 2.12. The maximum absolute atomic E-state index is 7.08. The van der Waals surface area contributed by atoms with Crippen molar-refractivity contribution < 1.29 is 0 Å². The van der Waals surface area contributed by atoms with Gasteiger partial charge in [-0.25, -0.2) is 0 Å². The third-order valence-corrected chi connectivity index (χ3v) is 2.59. The van der Waals surface area contributed by atoms with Crippen LogP contribution in [0.4, 0.5) is 0 Å². The second-order valence-corrected chi connectivity index (χ2v) is 4.01. The van der Waals surface area contributed by atoms with Crippen LogP contribution < -0.4 is 5.73 Å². The highest BCUT2D eigenvalue weighted by Crippen LogP contribution is 2.37. The van der Waals surface area contributed by atoms with E-state index in [1.54, 1.807) is 0 Å². The van der Waals surface area contributed by atoms with Crippen molar-refractivity contribution in [2.24, 2.45) is 17.6 Å². The number of hydrogen-bond acceptors (Lipinski definition) is 2. The number of nitrogens with zero attached hydrogens (tertiary/aromatic N) is 1. The van der Waals surface area contributed by atoms with Gasteiger partial charge in [-0.05, 0) is 25.3 Å². The van der Waals surface area contributed by atoms with E-state index in [4.69, 9.17) is 11.1 Å². The van der Waals surface area contributed by atoms with Crippen molar-refractivity contribution in [3.8, 4) is 0 Å². The monoisotopic (exact) mass is 169 g/mol. The van der Waals surface area contributed by atoms with Crippen LogP contribution in [0, 0.1) is 17.2 Å². The quantitative estimate of drug-likeness (QED) is 0.474. The Hall–Kier alpha value is -0.570. The zero-order valence-corrected chi connectivity index (χ0v) is 8.01. The van der Waals surface area contributed by atoms with E-state index in [2.05, 4.69) is 18.9 Å². The first-order valence-corrected chi connectivity index (χ1v) is 4.61. The molecule has 1 aliphatic carbocycles. The first-order valence-electron chi connectivity index (χ1n) is 4.61. The van der Waals surface area contributed by atoms with Gasteiger partial charge in [-0.1, -0.05) is 6.92 Å². The van der Waals surface area contributed by atoms with Crippen molar-refractivity contribution in [1.29, 1.82) is 5.41 Å². The van der Waals surface area contributed by atoms with Crippen LogP contribution >= 0.6 is 0 Å². The minimum atomic E-state index is 0.297. The van der Waals surface area contributed by atoms with Gasteiger partial charge in [0.05, 0.1) is 5.84 Å². The summed E-state index contributed by atoms with van der Waals surface area (Å²) in [6.07, 6.45) is 2.09. The van der Waals surface area contributed by atoms with Gasteiger partial charge in [0.25, 0.3) is 0 Å². The number of rotatable bonds is 5. The lowest BCUT2D eigenvalue weighted by Gasteiger charge is -2.15. The SMILES string of the molecule is CC1CC1CN(C)CCC(=N)N. The largest absolute Gasteiger partial charge is 0.388 e. The summed E-state index contributed by atoms with van der Waals surface area (Å²) in [6.45, 7) is 4.40. The molecular formula is C9H19N3. The first kappa shape index (κ1) is 9.52. The third-order valence-electron chi connectivity index (χ3n) is 2.59. The first-order chi connectivity index (χ1) is 5.59. The highest BCUT2D eigenvalue weighted by Gasteiger charge is 2.32. The van der Waals surface area contributed by atoms with Crippen LogP contribution in [0.15, 0.2) is 0 Å². The zero-order chi connectivity index (χ0) is 9.14. The van der Waals surface area contributed by atoms with Crippen molar-refractivity contribution in [3.05, 3.63) is 0 Å². The molecule has 0 amide bonds. The van der Waals surface area contributed by atoms with Gasteiger partial charge < -0.3 is 10.6 Å². The highest BCUT2D eigenvalue weighted by molar-refractivity contribution is 5.76. The van der Waals surface area contributed by atoms with Crippen LogP contribution in [0.5, 0.6) is 0 Å². The average molecular weight is 169 g/mol. The van der Waals surface area contributed by atoms with E-state index in [0.29, 0.717) is 12.3 Å². The van der Waals surface area contributed by atoms with E-state index in [0.717, 1.165) is 18.4 Å². The molecule has 0 bridgehead atoms. The smallest absolute Gasteiger partial charge is 0.0918 e. The Balaban J connectivity index is 2.04. The van der Waals surface area contributed by atoms with E-state index < -0.39 is 0 Å². The molecule has 3 nitrogen and oxygen atoms in total. The summed E-state index contributed by atoms with van der Waals surface area (Å²) >= 11 is 0. The Morgan fingerprint density at radius 3 is 2.67 bits per heavy atom. The second-order valence-electron chi connectivity index (χ2n) is 4.01. The van der Waals surface area contributed by atoms with Gasteiger partial charge in [0.1, 0.15) is 0 Å². The molecule has 3 N–H and O–H groups in total. The molecular weight excluding hydrogens is 150 g/mol. The number of nitrogens with two attached hydrogens (primary N) is 1. The number of hydrogen-bond donors (Lipinski definition) is 2. The Labute approximate surface area is 74.4 Å². The van der Waals surface area contributed by atoms with Crippen molar-refractivity contribution in [3.63, 3.8) is 0 Å². The molecule has 3 heteroatoms. The van der Waals surface area contributed by atoms with Crippen LogP contribution in [-0.4, -0.2) is 30.9 Å². The molecule has 0 spiro atoms. The number of amidine groups is 1. The second kappa shape index (κ2) is 3.90. The summed E-state index contributed by atoms with van der Waals surface area (Å²) in [5.41, 5.74) is 5.27. The fourth-order valence-corrected chi connectivity index (χ4v) is 1.46. The van der Waals surface area contributed by atoms with E-state index in [1.165, 1.54) is 13.0 Å². The molecule has 2 atom stereocenters. The molecule has 0 saturated heterocycles. The van der Waals surface area contributed by atoms with Gasteiger partial charge in [-0.3, -0.25) is 5.41 Å². The normalized spacial score (nSPS) is 27.6. The van der Waals surface area contributed by atoms with Crippen molar-refractivity contribution in [2.75, 3.05) is 20.1 Å². The molecule has 70 valence electrons. The fraction of sp³-hybridized carbons (Fsp3) is 0.889. The topological polar surface area (TPSA) is 53.1 Å². The van der Waals surface area contributed by atoms with Crippen LogP contribution in [-0.2, 0) is 0 Å². The predicted octanol–water partition coefficient (Wildman–Crippen LogP) is 0.900. The summed E-state index contributed by atoms with van der Waals surface area (Å²) in [5, 5.41) is 7.08. The molecule has 1 fully saturated rings. The van der Waals surface area contributed by atoms with Gasteiger partial charge >= 0.3 is 0 Å². The molecule has 12 heavy (non-hydrogen) atoms. The molecule has 1 rings (SSSR count). The third kappa shape index (κ3) is 3.22. The van der Waals surface area contributed by atoms with Crippen LogP contribution in [0.25, 0.3) is 0 Å². The Kier molecular flexibility index (Phi) is 3.09. The Bertz CT molecular complexity index is 167. The van der Waals surface area contributed by atoms with E-state index in [-0.39, 0.29) is 0 Å². The minimum Gasteiger partial charge on any atom is -0.388 e. The molecule has 1 aliphatic rings. The summed E-state index contributed by atoms with van der Waals surface area (Å²) in [4.78, 5) is 2.27. The van der Waals surface area contributed by atoms with E-state index in [1.807, 2.05) is 0 Å². The zero-order valence-electron chi connectivity index (χ0n) is 8.01. The standard InChI is InChI=1S/C9H19N3/c1-7-5-8(7)6-12(2)4-3-9(10)11/h7-8H,3-6H2,1-2H3,(H3,10,11). The van der Waals surface area contributed by atoms with E-state index in [9.17, 15) is 0 Å². The molecule has 2 unspecified atom stereocenters. The predicted molar refractivity (Wildman–Crippen MR) is 51.3 cm³/mol. The Morgan fingerprint density at radius 2 is 2.25 bits per heavy atom. The lowest BCUT2D eigenvalue weighted by atomic mass is 10.3. The molecule has 1 saturated carbocycles. The minimum absolute atomic E-state index is 0.297. The van der Waals surface area contributed by atoms with Crippen LogP contribution in [0.3, 0.4) is 0 Å². The van der Waals surface area contributed by atoms with Crippen molar-refractivity contribution in [2.45, 2.75) is 19.8 Å². The molecule has 0 aromatic heterocycles. The van der Waals surface area contributed by atoms with Crippen LogP contribution in [0.1, 0.15) is 19.8 Å².